The average molecular weight is 213 g/mol. The van der Waals surface area contributed by atoms with Crippen LogP contribution in [-0.2, 0) is 0 Å². The second-order valence-corrected chi connectivity index (χ2v) is 5.15. The van der Waals surface area contributed by atoms with Crippen LogP contribution >= 0.6 is 0 Å². The monoisotopic (exact) mass is 213 g/mol. The van der Waals surface area contributed by atoms with Crippen molar-refractivity contribution in [2.24, 2.45) is 17.4 Å². The molecule has 3 nitrogen and oxygen atoms in total. The Morgan fingerprint density at radius 3 is 2.27 bits per heavy atom. The number of nitrogens with one attached hydrogen (secondary N) is 1. The molecule has 3 atom stereocenters. The lowest BCUT2D eigenvalue weighted by molar-refractivity contribution is 0.263. The molecule has 0 radical (unpaired) electrons. The van der Waals surface area contributed by atoms with Gasteiger partial charge < -0.3 is 16.8 Å². The molecule has 90 valence electrons. The minimum Gasteiger partial charge on any atom is -0.327 e. The number of nitrogens with two attached hydrogens (primary N) is 2. The van der Waals surface area contributed by atoms with Gasteiger partial charge in [0.25, 0.3) is 0 Å². The molecule has 1 aliphatic rings. The van der Waals surface area contributed by atoms with Gasteiger partial charge in [0.2, 0.25) is 0 Å². The fourth-order valence-corrected chi connectivity index (χ4v) is 2.44. The van der Waals surface area contributed by atoms with E-state index in [-0.39, 0.29) is 6.04 Å². The molecule has 0 heterocycles. The third-order valence-corrected chi connectivity index (χ3v) is 3.53. The van der Waals surface area contributed by atoms with Crippen molar-refractivity contribution in [1.82, 2.24) is 5.32 Å². The van der Waals surface area contributed by atoms with Crippen molar-refractivity contribution in [2.75, 3.05) is 6.54 Å². The van der Waals surface area contributed by atoms with E-state index in [0.717, 1.165) is 6.54 Å². The summed E-state index contributed by atoms with van der Waals surface area (Å²) < 4.78 is 0. The molecule has 3 unspecified atom stereocenters. The second-order valence-electron chi connectivity index (χ2n) is 5.15. The fraction of sp³-hybridized carbons (Fsp3) is 1.00. The largest absolute Gasteiger partial charge is 0.327 e. The molecule has 0 aromatic rings. The van der Waals surface area contributed by atoms with Gasteiger partial charge in [0.15, 0.2) is 0 Å². The molecule has 0 amide bonds. The molecule has 0 bridgehead atoms. The van der Waals surface area contributed by atoms with Gasteiger partial charge in [0.1, 0.15) is 0 Å². The average Bonchev–Trinajstić information content (AvgIpc) is 2.26. The zero-order valence-electron chi connectivity index (χ0n) is 10.2. The highest BCUT2D eigenvalue weighted by atomic mass is 15.0. The van der Waals surface area contributed by atoms with Gasteiger partial charge in [-0.1, -0.05) is 19.3 Å². The number of rotatable bonds is 5. The highest BCUT2D eigenvalue weighted by Gasteiger charge is 2.24. The van der Waals surface area contributed by atoms with E-state index in [1.807, 2.05) is 6.92 Å². The first-order valence-corrected chi connectivity index (χ1v) is 6.36. The van der Waals surface area contributed by atoms with Crippen LogP contribution < -0.4 is 16.8 Å². The third kappa shape index (κ3) is 4.49. The summed E-state index contributed by atoms with van der Waals surface area (Å²) in [7, 11) is 0. The van der Waals surface area contributed by atoms with Gasteiger partial charge in [-0.15, -0.1) is 0 Å². The maximum absolute atomic E-state index is 6.27. The van der Waals surface area contributed by atoms with Crippen molar-refractivity contribution >= 4 is 0 Å². The van der Waals surface area contributed by atoms with E-state index < -0.39 is 0 Å². The van der Waals surface area contributed by atoms with Crippen molar-refractivity contribution in [3.05, 3.63) is 0 Å². The maximum Gasteiger partial charge on any atom is 0.0220 e. The predicted octanol–water partition coefficient (Wildman–Crippen LogP) is 1.22. The van der Waals surface area contributed by atoms with Gasteiger partial charge in [0.05, 0.1) is 0 Å². The molecule has 1 aliphatic carbocycles. The molecule has 3 heteroatoms. The summed E-state index contributed by atoms with van der Waals surface area (Å²) in [6, 6.07) is 0.897. The summed E-state index contributed by atoms with van der Waals surface area (Å²) in [6.07, 6.45) is 6.73. The van der Waals surface area contributed by atoms with Crippen molar-refractivity contribution in [1.29, 1.82) is 0 Å². The van der Waals surface area contributed by atoms with Gasteiger partial charge in [-0.05, 0) is 32.6 Å². The summed E-state index contributed by atoms with van der Waals surface area (Å²) in [5, 5.41) is 3.43. The first kappa shape index (κ1) is 12.9. The SMILES string of the molecule is CC(N)CNC(C)C(N)C1CCCCC1. The normalized spacial score (nSPS) is 24.8. The van der Waals surface area contributed by atoms with Gasteiger partial charge >= 0.3 is 0 Å². The summed E-state index contributed by atoms with van der Waals surface area (Å²) in [6.45, 7) is 5.06. The summed E-state index contributed by atoms with van der Waals surface area (Å²) in [5.74, 6) is 0.717. The van der Waals surface area contributed by atoms with Crippen molar-refractivity contribution in [3.63, 3.8) is 0 Å². The summed E-state index contributed by atoms with van der Waals surface area (Å²) in [5.41, 5.74) is 12.0. The number of hydrogen-bond acceptors (Lipinski definition) is 3. The van der Waals surface area contributed by atoms with E-state index in [4.69, 9.17) is 11.5 Å². The van der Waals surface area contributed by atoms with Crippen LogP contribution in [0.3, 0.4) is 0 Å². The molecule has 0 aromatic heterocycles. The molecule has 0 saturated heterocycles. The Balaban J connectivity index is 2.27. The zero-order valence-corrected chi connectivity index (χ0v) is 10.2. The van der Waals surface area contributed by atoms with E-state index in [1.54, 1.807) is 0 Å². The van der Waals surface area contributed by atoms with Crippen LogP contribution in [0.2, 0.25) is 0 Å². The first-order chi connectivity index (χ1) is 7.11. The Morgan fingerprint density at radius 1 is 1.13 bits per heavy atom. The fourth-order valence-electron chi connectivity index (χ4n) is 2.44. The molecular weight excluding hydrogens is 186 g/mol. The van der Waals surface area contributed by atoms with Gasteiger partial charge in [-0.2, -0.15) is 0 Å². The van der Waals surface area contributed by atoms with Crippen molar-refractivity contribution in [2.45, 2.75) is 64.1 Å². The molecule has 0 aliphatic heterocycles. The van der Waals surface area contributed by atoms with Crippen LogP contribution in [0.25, 0.3) is 0 Å². The second kappa shape index (κ2) is 6.46. The Labute approximate surface area is 94.0 Å². The van der Waals surface area contributed by atoms with Gasteiger partial charge in [0, 0.05) is 24.7 Å². The molecule has 0 aromatic carbocycles. The lowest BCUT2D eigenvalue weighted by atomic mass is 9.82. The molecule has 1 fully saturated rings. The highest BCUT2D eigenvalue weighted by Crippen LogP contribution is 2.26. The lowest BCUT2D eigenvalue weighted by Crippen LogP contribution is -2.50. The zero-order chi connectivity index (χ0) is 11.3. The summed E-state index contributed by atoms with van der Waals surface area (Å²) >= 11 is 0. The molecule has 5 N–H and O–H groups in total. The van der Waals surface area contributed by atoms with E-state index in [1.165, 1.54) is 32.1 Å². The van der Waals surface area contributed by atoms with Crippen LogP contribution in [0, 0.1) is 5.92 Å². The Kier molecular flexibility index (Phi) is 5.58. The number of hydrogen-bond donors (Lipinski definition) is 3. The molecule has 15 heavy (non-hydrogen) atoms. The van der Waals surface area contributed by atoms with E-state index in [0.29, 0.717) is 18.0 Å². The smallest absolute Gasteiger partial charge is 0.0220 e. The van der Waals surface area contributed by atoms with Crippen LogP contribution in [0.15, 0.2) is 0 Å². The van der Waals surface area contributed by atoms with Crippen molar-refractivity contribution < 1.29 is 0 Å². The molecule has 0 spiro atoms. The third-order valence-electron chi connectivity index (χ3n) is 3.53. The van der Waals surface area contributed by atoms with E-state index >= 15 is 0 Å². The van der Waals surface area contributed by atoms with Gasteiger partial charge in [-0.3, -0.25) is 0 Å². The van der Waals surface area contributed by atoms with Crippen LogP contribution in [0.1, 0.15) is 46.0 Å². The molecule has 1 saturated carbocycles. The van der Waals surface area contributed by atoms with E-state index in [2.05, 4.69) is 12.2 Å². The lowest BCUT2D eigenvalue weighted by Gasteiger charge is -2.32. The van der Waals surface area contributed by atoms with Crippen LogP contribution in [0.4, 0.5) is 0 Å². The van der Waals surface area contributed by atoms with Crippen molar-refractivity contribution in [3.8, 4) is 0 Å². The Morgan fingerprint density at radius 2 is 1.73 bits per heavy atom. The van der Waals surface area contributed by atoms with Crippen LogP contribution in [-0.4, -0.2) is 24.7 Å². The minimum atomic E-state index is 0.214. The summed E-state index contributed by atoms with van der Waals surface area (Å²) in [4.78, 5) is 0. The van der Waals surface area contributed by atoms with E-state index in [9.17, 15) is 0 Å². The van der Waals surface area contributed by atoms with Gasteiger partial charge in [-0.25, -0.2) is 0 Å². The topological polar surface area (TPSA) is 64.1 Å². The Hall–Kier alpha value is -0.120. The Bertz CT molecular complexity index is 164. The molecule has 1 rings (SSSR count). The predicted molar refractivity (Wildman–Crippen MR) is 65.7 cm³/mol. The quantitative estimate of drug-likeness (QED) is 0.643. The standard InChI is InChI=1S/C12H27N3/c1-9(13)8-15-10(2)12(14)11-6-4-3-5-7-11/h9-12,15H,3-8,13-14H2,1-2H3. The highest BCUT2D eigenvalue weighted by molar-refractivity contribution is 4.84. The minimum absolute atomic E-state index is 0.214. The first-order valence-electron chi connectivity index (χ1n) is 6.36. The maximum atomic E-state index is 6.27. The van der Waals surface area contributed by atoms with Crippen LogP contribution in [0.5, 0.6) is 0 Å². The molecular formula is C12H27N3.